The van der Waals surface area contributed by atoms with Crippen LogP contribution in [0.5, 0.6) is 11.5 Å². The van der Waals surface area contributed by atoms with Gasteiger partial charge in [-0.3, -0.25) is 0 Å². The van der Waals surface area contributed by atoms with E-state index in [1.54, 1.807) is 0 Å². The number of allylic oxidation sites excluding steroid dienone is 1. The van der Waals surface area contributed by atoms with E-state index in [-0.39, 0.29) is 28.0 Å². The SMILES string of the molecule is C=C(C)[C@@H]1CC[C@@H](CO)C[C@H]1c1c(O[Si](C)(C)C(C)(C)C)cc(C(C)(C)CCCCCC)cc1O[Si](C)(C)C(C)(C)C. The average molecular weight is 617 g/mol. The van der Waals surface area contributed by atoms with Crippen LogP contribution in [0.15, 0.2) is 24.3 Å². The molecule has 1 aromatic rings. The van der Waals surface area contributed by atoms with Crippen molar-refractivity contribution in [3.05, 3.63) is 35.4 Å². The molecule has 0 radical (unpaired) electrons. The summed E-state index contributed by atoms with van der Waals surface area (Å²) in [6.07, 6.45) is 9.25. The Morgan fingerprint density at radius 2 is 1.36 bits per heavy atom. The van der Waals surface area contributed by atoms with Crippen LogP contribution in [-0.4, -0.2) is 28.3 Å². The molecule has 0 heterocycles. The molecule has 242 valence electrons. The monoisotopic (exact) mass is 616 g/mol. The highest BCUT2D eigenvalue weighted by atomic mass is 28.4. The fraction of sp³-hybridized carbons (Fsp3) is 0.784. The summed E-state index contributed by atoms with van der Waals surface area (Å²) < 4.78 is 14.7. The second-order valence-corrected chi connectivity index (χ2v) is 26.7. The van der Waals surface area contributed by atoms with Crippen LogP contribution < -0.4 is 8.85 Å². The van der Waals surface area contributed by atoms with Crippen LogP contribution >= 0.6 is 0 Å². The standard InChI is InChI=1S/C37H68O3Si2/c1-16-17-18-19-22-37(10,11)29-24-32(39-41(12,13)35(4,5)6)34(33(25-29)40-42(14,15)36(7,8)9)31-23-28(26-38)20-21-30(31)27(2)3/h24-25,28,30-31,38H,2,16-23,26H2,1,3-15H3/t28-,30+,31-/m1/s1. The van der Waals surface area contributed by atoms with Gasteiger partial charge in [0.2, 0.25) is 16.6 Å². The third-order valence-electron chi connectivity index (χ3n) is 11.1. The van der Waals surface area contributed by atoms with Gasteiger partial charge in [-0.25, -0.2) is 0 Å². The third-order valence-corrected chi connectivity index (χ3v) is 19.8. The van der Waals surface area contributed by atoms with Crippen LogP contribution in [0.4, 0.5) is 0 Å². The molecule has 1 aliphatic rings. The normalized spacial score (nSPS) is 20.9. The Labute approximate surface area is 263 Å². The summed E-state index contributed by atoms with van der Waals surface area (Å²) >= 11 is 0. The summed E-state index contributed by atoms with van der Waals surface area (Å²) in [6, 6.07) is 4.79. The maximum Gasteiger partial charge on any atom is 0.250 e. The number of aliphatic hydroxyl groups excluding tert-OH is 1. The number of unbranched alkanes of at least 4 members (excludes halogenated alkanes) is 3. The lowest BCUT2D eigenvalue weighted by Gasteiger charge is -2.43. The zero-order chi connectivity index (χ0) is 32.3. The Kier molecular flexibility index (Phi) is 12.3. The van der Waals surface area contributed by atoms with Crippen molar-refractivity contribution >= 4 is 16.6 Å². The molecule has 1 fully saturated rings. The van der Waals surface area contributed by atoms with E-state index in [1.807, 2.05) is 0 Å². The molecule has 42 heavy (non-hydrogen) atoms. The highest BCUT2D eigenvalue weighted by Gasteiger charge is 2.44. The van der Waals surface area contributed by atoms with Crippen LogP contribution in [0.2, 0.25) is 36.3 Å². The first kappa shape index (κ1) is 37.1. The van der Waals surface area contributed by atoms with E-state index in [0.717, 1.165) is 37.2 Å². The first-order valence-corrected chi connectivity index (χ1v) is 22.7. The summed E-state index contributed by atoms with van der Waals surface area (Å²) in [6.45, 7) is 37.4. The topological polar surface area (TPSA) is 38.7 Å². The second kappa shape index (κ2) is 13.9. The molecule has 0 unspecified atom stereocenters. The van der Waals surface area contributed by atoms with Gasteiger partial charge in [0.05, 0.1) is 0 Å². The van der Waals surface area contributed by atoms with Crippen LogP contribution in [0, 0.1) is 11.8 Å². The van der Waals surface area contributed by atoms with E-state index in [0.29, 0.717) is 11.8 Å². The van der Waals surface area contributed by atoms with E-state index in [9.17, 15) is 5.11 Å². The Bertz CT molecular complexity index is 993. The van der Waals surface area contributed by atoms with E-state index in [1.165, 1.54) is 42.4 Å². The van der Waals surface area contributed by atoms with E-state index in [4.69, 9.17) is 8.85 Å². The molecule has 0 spiro atoms. The minimum atomic E-state index is -2.17. The molecule has 1 saturated carbocycles. The fourth-order valence-corrected chi connectivity index (χ4v) is 7.90. The van der Waals surface area contributed by atoms with Gasteiger partial charge in [-0.05, 0) is 110 Å². The van der Waals surface area contributed by atoms with Crippen molar-refractivity contribution in [3.63, 3.8) is 0 Å². The van der Waals surface area contributed by atoms with E-state index >= 15 is 0 Å². The van der Waals surface area contributed by atoms with Crippen LogP contribution in [0.25, 0.3) is 0 Å². The molecule has 2 rings (SSSR count). The predicted molar refractivity (Wildman–Crippen MR) is 189 cm³/mol. The zero-order valence-electron chi connectivity index (χ0n) is 30.2. The lowest BCUT2D eigenvalue weighted by molar-refractivity contribution is 0.159. The largest absolute Gasteiger partial charge is 0.543 e. The Hall–Kier alpha value is -1.05. The highest BCUT2D eigenvalue weighted by molar-refractivity contribution is 6.75. The lowest BCUT2D eigenvalue weighted by Crippen LogP contribution is -2.45. The second-order valence-electron chi connectivity index (χ2n) is 17.2. The summed E-state index contributed by atoms with van der Waals surface area (Å²) in [7, 11) is -4.34. The molecule has 0 amide bonds. The van der Waals surface area contributed by atoms with Gasteiger partial charge in [0, 0.05) is 12.2 Å². The van der Waals surface area contributed by atoms with Gasteiger partial charge in [-0.2, -0.15) is 0 Å². The summed E-state index contributed by atoms with van der Waals surface area (Å²) in [5.41, 5.74) is 3.80. The number of rotatable bonds is 13. The van der Waals surface area contributed by atoms with E-state index < -0.39 is 16.6 Å². The molecule has 1 N–H and O–H groups in total. The van der Waals surface area contributed by atoms with Crippen LogP contribution in [-0.2, 0) is 5.41 Å². The first-order valence-electron chi connectivity index (χ1n) is 16.9. The van der Waals surface area contributed by atoms with Crippen LogP contribution in [0.3, 0.4) is 0 Å². The molecule has 0 bridgehead atoms. The molecule has 0 saturated heterocycles. The molecular weight excluding hydrogens is 549 g/mol. The Morgan fingerprint density at radius 1 is 0.857 bits per heavy atom. The fourth-order valence-electron chi connectivity index (χ4n) is 5.85. The number of benzene rings is 1. The van der Waals surface area contributed by atoms with Gasteiger partial charge in [0.1, 0.15) is 11.5 Å². The molecule has 3 nitrogen and oxygen atoms in total. The summed E-state index contributed by atoms with van der Waals surface area (Å²) in [5.74, 6) is 2.93. The average Bonchev–Trinajstić information content (AvgIpc) is 2.84. The number of hydrogen-bond donors (Lipinski definition) is 1. The third kappa shape index (κ3) is 9.00. The molecule has 1 aliphatic carbocycles. The van der Waals surface area contributed by atoms with Crippen molar-refractivity contribution in [2.45, 2.75) is 168 Å². The van der Waals surface area contributed by atoms with Gasteiger partial charge in [0.15, 0.2) is 0 Å². The molecule has 3 atom stereocenters. The predicted octanol–water partition coefficient (Wildman–Crippen LogP) is 11.8. The molecule has 1 aromatic carbocycles. The van der Waals surface area contributed by atoms with E-state index in [2.05, 4.69) is 114 Å². The minimum absolute atomic E-state index is 0.0112. The van der Waals surface area contributed by atoms with Crippen molar-refractivity contribution < 1.29 is 14.0 Å². The van der Waals surface area contributed by atoms with Crippen molar-refractivity contribution in [2.75, 3.05) is 6.61 Å². The lowest BCUT2D eigenvalue weighted by atomic mass is 9.68. The van der Waals surface area contributed by atoms with Crippen molar-refractivity contribution in [3.8, 4) is 11.5 Å². The minimum Gasteiger partial charge on any atom is -0.543 e. The van der Waals surface area contributed by atoms with Crippen molar-refractivity contribution in [1.29, 1.82) is 0 Å². The molecule has 5 heteroatoms. The maximum atomic E-state index is 10.3. The smallest absolute Gasteiger partial charge is 0.250 e. The quantitative estimate of drug-likeness (QED) is 0.136. The van der Waals surface area contributed by atoms with Gasteiger partial charge in [-0.1, -0.05) is 100 Å². The van der Waals surface area contributed by atoms with Crippen molar-refractivity contribution in [2.24, 2.45) is 11.8 Å². The van der Waals surface area contributed by atoms with Gasteiger partial charge >= 0.3 is 0 Å². The van der Waals surface area contributed by atoms with Gasteiger partial charge in [-0.15, -0.1) is 0 Å². The first-order chi connectivity index (χ1) is 19.1. The van der Waals surface area contributed by atoms with Crippen molar-refractivity contribution in [1.82, 2.24) is 0 Å². The molecule has 0 aromatic heterocycles. The molecule has 0 aliphatic heterocycles. The summed E-state index contributed by atoms with van der Waals surface area (Å²) in [4.78, 5) is 0. The van der Waals surface area contributed by atoms with Gasteiger partial charge in [0.25, 0.3) is 0 Å². The number of hydrogen-bond acceptors (Lipinski definition) is 3. The zero-order valence-corrected chi connectivity index (χ0v) is 32.2. The highest BCUT2D eigenvalue weighted by Crippen LogP contribution is 2.53. The number of aliphatic hydroxyl groups is 1. The molecular formula is C37H68O3Si2. The Balaban J connectivity index is 2.91. The maximum absolute atomic E-state index is 10.3. The Morgan fingerprint density at radius 3 is 1.76 bits per heavy atom. The van der Waals surface area contributed by atoms with Gasteiger partial charge < -0.3 is 14.0 Å². The summed E-state index contributed by atoms with van der Waals surface area (Å²) in [5, 5.41) is 10.5. The van der Waals surface area contributed by atoms with Crippen LogP contribution in [0.1, 0.15) is 138 Å².